The maximum Gasteiger partial charge on any atom is 0.337 e. The van der Waals surface area contributed by atoms with Gasteiger partial charge in [0.25, 0.3) is 0 Å². The molecule has 0 atom stereocenters. The summed E-state index contributed by atoms with van der Waals surface area (Å²) in [6.07, 6.45) is 5.62. The molecule has 0 aliphatic rings. The van der Waals surface area contributed by atoms with E-state index in [0.29, 0.717) is 12.5 Å². The average molecular weight is 334 g/mol. The van der Waals surface area contributed by atoms with Crippen molar-refractivity contribution in [3.63, 3.8) is 0 Å². The van der Waals surface area contributed by atoms with Gasteiger partial charge in [-0.2, -0.15) is 4.31 Å². The molecule has 114 valence electrons. The molecule has 1 N–H and O–H groups in total. The number of sulfonamides is 1. The van der Waals surface area contributed by atoms with E-state index in [4.69, 9.17) is 23.1 Å². The Hall–Kier alpha value is -1.62. The van der Waals surface area contributed by atoms with Gasteiger partial charge in [-0.1, -0.05) is 24.4 Å². The zero-order chi connectivity index (χ0) is 16.2. The molecule has 0 unspecified atom stereocenters. The normalized spacial score (nSPS) is 11.4. The third-order valence-corrected chi connectivity index (χ3v) is 4.82. The Morgan fingerprint density at radius 2 is 2.14 bits per heavy atom. The number of aromatic carboxylic acids is 1. The molecule has 8 heteroatoms. The molecule has 0 bridgehead atoms. The molecule has 0 radical (unpaired) electrons. The van der Waals surface area contributed by atoms with Gasteiger partial charge in [-0.25, -0.2) is 17.6 Å². The third-order valence-electron chi connectivity index (χ3n) is 2.61. The lowest BCUT2D eigenvalue weighted by atomic mass is 10.2. The zero-order valence-corrected chi connectivity index (χ0v) is 12.7. The molecular formula is C13H13ClFNO4S. The Labute approximate surface area is 127 Å². The fourth-order valence-corrected chi connectivity index (χ4v) is 3.33. The highest BCUT2D eigenvalue weighted by molar-refractivity contribution is 7.89. The standard InChI is InChI=1S/C13H13ClFNO4S/c1-3-5-16(6-4-2)21(19,20)9-7-10(13(17)18)12(14)11(15)8-9/h1,7-8H,4-6H2,2H3,(H,17,18). The highest BCUT2D eigenvalue weighted by Crippen LogP contribution is 2.26. The number of nitrogens with zero attached hydrogens (tertiary/aromatic N) is 1. The van der Waals surface area contributed by atoms with Gasteiger partial charge in [0.05, 0.1) is 22.0 Å². The fraction of sp³-hybridized carbons (Fsp3) is 0.308. The van der Waals surface area contributed by atoms with Crippen LogP contribution in [0.3, 0.4) is 0 Å². The van der Waals surface area contributed by atoms with E-state index in [1.165, 1.54) is 0 Å². The van der Waals surface area contributed by atoms with Crippen LogP contribution in [0.5, 0.6) is 0 Å². The van der Waals surface area contributed by atoms with Gasteiger partial charge in [0, 0.05) is 6.54 Å². The third kappa shape index (κ3) is 3.73. The van der Waals surface area contributed by atoms with E-state index in [1.54, 1.807) is 6.92 Å². The zero-order valence-electron chi connectivity index (χ0n) is 11.1. The molecule has 0 saturated heterocycles. The average Bonchev–Trinajstić information content (AvgIpc) is 2.40. The van der Waals surface area contributed by atoms with Gasteiger partial charge in [0.2, 0.25) is 10.0 Å². The minimum Gasteiger partial charge on any atom is -0.478 e. The van der Waals surface area contributed by atoms with Gasteiger partial charge in [-0.15, -0.1) is 6.42 Å². The molecule has 1 rings (SSSR count). The van der Waals surface area contributed by atoms with Crippen LogP contribution in [0.1, 0.15) is 23.7 Å². The molecule has 21 heavy (non-hydrogen) atoms. The van der Waals surface area contributed by atoms with Gasteiger partial charge in [-0.05, 0) is 18.6 Å². The number of carboxylic acids is 1. The fourth-order valence-electron chi connectivity index (χ4n) is 1.65. The molecule has 1 aromatic carbocycles. The molecule has 0 fully saturated rings. The maximum atomic E-state index is 13.6. The number of benzene rings is 1. The van der Waals surface area contributed by atoms with Crippen LogP contribution in [0.25, 0.3) is 0 Å². The first-order valence-corrected chi connectivity index (χ1v) is 7.73. The van der Waals surface area contributed by atoms with Crippen LogP contribution < -0.4 is 0 Å². The molecule has 0 aliphatic carbocycles. The topological polar surface area (TPSA) is 74.7 Å². The first-order chi connectivity index (χ1) is 9.75. The van der Waals surface area contributed by atoms with Gasteiger partial charge in [0.15, 0.2) is 0 Å². The lowest BCUT2D eigenvalue weighted by molar-refractivity contribution is 0.0696. The first-order valence-electron chi connectivity index (χ1n) is 5.91. The number of rotatable bonds is 6. The maximum absolute atomic E-state index is 13.6. The SMILES string of the molecule is C#CCN(CCC)S(=O)(=O)c1cc(F)c(Cl)c(C(=O)O)c1. The number of hydrogen-bond donors (Lipinski definition) is 1. The summed E-state index contributed by atoms with van der Waals surface area (Å²) in [5, 5.41) is 8.30. The van der Waals surface area contributed by atoms with Gasteiger partial charge in [0.1, 0.15) is 5.82 Å². The second-order valence-corrected chi connectivity index (χ2v) is 6.43. The monoisotopic (exact) mass is 333 g/mol. The first kappa shape index (κ1) is 17.4. The Bertz CT molecular complexity index is 697. The molecule has 0 saturated carbocycles. The number of hydrogen-bond acceptors (Lipinski definition) is 3. The van der Waals surface area contributed by atoms with E-state index < -0.39 is 37.3 Å². The van der Waals surface area contributed by atoms with Crippen LogP contribution in [0.2, 0.25) is 5.02 Å². The summed E-state index contributed by atoms with van der Waals surface area (Å²) in [6, 6.07) is 1.51. The molecule has 1 aromatic rings. The second-order valence-electron chi connectivity index (χ2n) is 4.11. The molecule has 0 aliphatic heterocycles. The summed E-state index contributed by atoms with van der Waals surface area (Å²) in [4.78, 5) is 10.5. The number of carboxylic acid groups (broad SMARTS) is 1. The molecule has 5 nitrogen and oxygen atoms in total. The molecule has 0 spiro atoms. The summed E-state index contributed by atoms with van der Waals surface area (Å²) in [6.45, 7) is 1.70. The summed E-state index contributed by atoms with van der Waals surface area (Å²) in [7, 11) is -4.09. The van der Waals surface area contributed by atoms with Crippen LogP contribution in [0.4, 0.5) is 4.39 Å². The highest BCUT2D eigenvalue weighted by Gasteiger charge is 2.26. The smallest absolute Gasteiger partial charge is 0.337 e. The molecule has 0 heterocycles. The minimum atomic E-state index is -4.09. The van der Waals surface area contributed by atoms with Crippen molar-refractivity contribution in [2.24, 2.45) is 0 Å². The van der Waals surface area contributed by atoms with Crippen molar-refractivity contribution >= 4 is 27.6 Å². The predicted octanol–water partition coefficient (Wildman–Crippen LogP) is 2.21. The van der Waals surface area contributed by atoms with Crippen LogP contribution in [-0.4, -0.2) is 36.9 Å². The molecule has 0 amide bonds. The minimum absolute atomic E-state index is 0.138. The molecule has 0 aromatic heterocycles. The van der Waals surface area contributed by atoms with Gasteiger partial charge in [-0.3, -0.25) is 0 Å². The number of carbonyl (C=O) groups is 1. The van der Waals surface area contributed by atoms with Gasteiger partial charge >= 0.3 is 5.97 Å². The van der Waals surface area contributed by atoms with Crippen LogP contribution >= 0.6 is 11.6 Å². The van der Waals surface area contributed by atoms with Crippen LogP contribution in [0, 0.1) is 18.2 Å². The van der Waals surface area contributed by atoms with E-state index >= 15 is 0 Å². The lowest BCUT2D eigenvalue weighted by Gasteiger charge is -2.19. The number of halogens is 2. The van der Waals surface area contributed by atoms with Crippen molar-refractivity contribution in [1.82, 2.24) is 4.31 Å². The van der Waals surface area contributed by atoms with Crippen molar-refractivity contribution in [2.75, 3.05) is 13.1 Å². The van der Waals surface area contributed by atoms with Crippen molar-refractivity contribution in [1.29, 1.82) is 0 Å². The Morgan fingerprint density at radius 1 is 1.52 bits per heavy atom. The van der Waals surface area contributed by atoms with E-state index in [-0.39, 0.29) is 13.1 Å². The summed E-state index contributed by atoms with van der Waals surface area (Å²) >= 11 is 5.52. The van der Waals surface area contributed by atoms with Crippen molar-refractivity contribution < 1.29 is 22.7 Å². The lowest BCUT2D eigenvalue weighted by Crippen LogP contribution is -2.32. The predicted molar refractivity (Wildman–Crippen MR) is 76.3 cm³/mol. The molecular weight excluding hydrogens is 321 g/mol. The van der Waals surface area contributed by atoms with Gasteiger partial charge < -0.3 is 5.11 Å². The van der Waals surface area contributed by atoms with Crippen molar-refractivity contribution in [3.05, 3.63) is 28.5 Å². The van der Waals surface area contributed by atoms with E-state index in [2.05, 4.69) is 5.92 Å². The van der Waals surface area contributed by atoms with Crippen molar-refractivity contribution in [3.8, 4) is 12.3 Å². The largest absolute Gasteiger partial charge is 0.478 e. The van der Waals surface area contributed by atoms with Crippen LogP contribution in [-0.2, 0) is 10.0 Å². The summed E-state index contributed by atoms with van der Waals surface area (Å²) in [5.74, 6) is -0.434. The number of terminal acetylenes is 1. The Kier molecular flexibility index (Phi) is 5.72. The Balaban J connectivity index is 3.44. The quantitative estimate of drug-likeness (QED) is 0.810. The summed E-state index contributed by atoms with van der Waals surface area (Å²) in [5.41, 5.74) is -0.618. The van der Waals surface area contributed by atoms with E-state index in [1.807, 2.05) is 0 Å². The Morgan fingerprint density at radius 3 is 2.62 bits per heavy atom. The van der Waals surface area contributed by atoms with E-state index in [0.717, 1.165) is 10.4 Å². The highest BCUT2D eigenvalue weighted by atomic mass is 35.5. The van der Waals surface area contributed by atoms with Crippen molar-refractivity contribution in [2.45, 2.75) is 18.2 Å². The second kappa shape index (κ2) is 6.89. The summed E-state index contributed by atoms with van der Waals surface area (Å²) < 4.78 is 39.4. The van der Waals surface area contributed by atoms with E-state index in [9.17, 15) is 17.6 Å². The van der Waals surface area contributed by atoms with Crippen LogP contribution in [0.15, 0.2) is 17.0 Å².